The first-order valence-electron chi connectivity index (χ1n) is 4.07. The molecule has 0 aromatic carbocycles. The van der Waals surface area contributed by atoms with E-state index < -0.39 is 15.3 Å². The molecule has 0 heterocycles. The first-order chi connectivity index (χ1) is 5.94. The molecule has 0 aliphatic carbocycles. The fourth-order valence-corrected chi connectivity index (χ4v) is 2.00. The smallest absolute Gasteiger partial charge is 0.228 e. The van der Waals surface area contributed by atoms with E-state index >= 15 is 0 Å². The number of sulfonamides is 1. The number of nitrogens with two attached hydrogens (primary N) is 1. The lowest BCUT2D eigenvalue weighted by atomic mass is 10.4. The van der Waals surface area contributed by atoms with Crippen LogP contribution in [0, 0.1) is 11.3 Å². The van der Waals surface area contributed by atoms with Crippen LogP contribution in [0.1, 0.15) is 20.3 Å². The van der Waals surface area contributed by atoms with Crippen LogP contribution < -0.4 is 10.5 Å². The molecule has 3 N–H and O–H groups in total. The molecule has 0 aliphatic rings. The van der Waals surface area contributed by atoms with Crippen LogP contribution in [-0.4, -0.2) is 26.3 Å². The third-order valence-electron chi connectivity index (χ3n) is 1.50. The molecule has 0 bridgehead atoms. The highest BCUT2D eigenvalue weighted by molar-refractivity contribution is 7.90. The second kappa shape index (κ2) is 5.17. The zero-order valence-electron chi connectivity index (χ0n) is 7.82. The van der Waals surface area contributed by atoms with E-state index in [0.717, 1.165) is 0 Å². The van der Waals surface area contributed by atoms with Crippen molar-refractivity contribution in [3.63, 3.8) is 0 Å². The molecule has 2 atom stereocenters. The number of hydrogen-bond acceptors (Lipinski definition) is 4. The summed E-state index contributed by atoms with van der Waals surface area (Å²) in [6.07, 6.45) is 0.283. The lowest BCUT2D eigenvalue weighted by Crippen LogP contribution is -2.39. The van der Waals surface area contributed by atoms with E-state index in [2.05, 4.69) is 4.72 Å². The summed E-state index contributed by atoms with van der Waals surface area (Å²) in [6.45, 7) is 3.51. The zero-order valence-corrected chi connectivity index (χ0v) is 8.63. The Bertz CT molecular complexity index is 279. The fourth-order valence-electron chi connectivity index (χ4n) is 0.728. The predicted octanol–water partition coefficient (Wildman–Crippen LogP) is -0.445. The Morgan fingerprint density at radius 2 is 2.15 bits per heavy atom. The zero-order chi connectivity index (χ0) is 10.5. The molecule has 0 spiro atoms. The van der Waals surface area contributed by atoms with E-state index in [1.54, 1.807) is 19.9 Å². The molecule has 0 aromatic heterocycles. The van der Waals surface area contributed by atoms with Gasteiger partial charge >= 0.3 is 0 Å². The molecule has 2 unspecified atom stereocenters. The van der Waals surface area contributed by atoms with Crippen LogP contribution in [0.3, 0.4) is 0 Å². The molecule has 13 heavy (non-hydrogen) atoms. The van der Waals surface area contributed by atoms with Crippen molar-refractivity contribution in [2.24, 2.45) is 5.73 Å². The first-order valence-corrected chi connectivity index (χ1v) is 5.62. The fraction of sp³-hybridized carbons (Fsp3) is 0.857. The van der Waals surface area contributed by atoms with Gasteiger partial charge in [-0.1, -0.05) is 6.92 Å². The normalized spacial score (nSPS) is 16.2. The van der Waals surface area contributed by atoms with Crippen LogP contribution in [-0.2, 0) is 10.0 Å². The van der Waals surface area contributed by atoms with Gasteiger partial charge in [0.15, 0.2) is 5.25 Å². The van der Waals surface area contributed by atoms with Gasteiger partial charge in [-0.05, 0) is 13.3 Å². The average molecular weight is 205 g/mol. The Morgan fingerprint density at radius 3 is 2.46 bits per heavy atom. The van der Waals surface area contributed by atoms with Crippen molar-refractivity contribution in [2.75, 3.05) is 6.54 Å². The third-order valence-corrected chi connectivity index (χ3v) is 3.25. The maximum Gasteiger partial charge on any atom is 0.228 e. The van der Waals surface area contributed by atoms with Gasteiger partial charge in [-0.3, -0.25) is 0 Å². The van der Waals surface area contributed by atoms with Crippen molar-refractivity contribution < 1.29 is 8.42 Å². The van der Waals surface area contributed by atoms with Gasteiger partial charge in [0.1, 0.15) is 0 Å². The summed E-state index contributed by atoms with van der Waals surface area (Å²) in [5.74, 6) is 0. The molecule has 0 rings (SSSR count). The van der Waals surface area contributed by atoms with Crippen molar-refractivity contribution in [1.82, 2.24) is 4.72 Å². The SMILES string of the molecule is CCC(C#N)S(=O)(=O)NCC(C)N. The van der Waals surface area contributed by atoms with E-state index in [1.807, 2.05) is 0 Å². The number of rotatable bonds is 5. The lowest BCUT2D eigenvalue weighted by molar-refractivity contribution is 0.565. The highest BCUT2D eigenvalue weighted by Gasteiger charge is 2.22. The van der Waals surface area contributed by atoms with E-state index in [-0.39, 0.29) is 19.0 Å². The Hall–Kier alpha value is -0.640. The molecule has 76 valence electrons. The Balaban J connectivity index is 4.33. The van der Waals surface area contributed by atoms with E-state index in [4.69, 9.17) is 11.0 Å². The molecule has 0 aliphatic heterocycles. The summed E-state index contributed by atoms with van der Waals surface area (Å²) in [6, 6.07) is 1.48. The molecule has 6 heteroatoms. The van der Waals surface area contributed by atoms with Gasteiger partial charge in [-0.15, -0.1) is 0 Å². The van der Waals surface area contributed by atoms with E-state index in [1.165, 1.54) is 0 Å². The summed E-state index contributed by atoms with van der Waals surface area (Å²) in [4.78, 5) is 0. The molecule has 0 radical (unpaired) electrons. The lowest BCUT2D eigenvalue weighted by Gasteiger charge is -2.11. The van der Waals surface area contributed by atoms with Gasteiger partial charge in [-0.2, -0.15) is 5.26 Å². The predicted molar refractivity (Wildman–Crippen MR) is 50.3 cm³/mol. The Morgan fingerprint density at radius 1 is 1.62 bits per heavy atom. The summed E-state index contributed by atoms with van der Waals surface area (Å²) in [5, 5.41) is 7.55. The van der Waals surface area contributed by atoms with Crippen molar-refractivity contribution in [3.8, 4) is 6.07 Å². The third kappa shape index (κ3) is 4.22. The van der Waals surface area contributed by atoms with Gasteiger partial charge in [0.05, 0.1) is 6.07 Å². The standard InChI is InChI=1S/C7H15N3O2S/c1-3-7(4-8)13(11,12)10-5-6(2)9/h6-7,10H,3,5,9H2,1-2H3. The molecule has 0 amide bonds. The van der Waals surface area contributed by atoms with Gasteiger partial charge in [0.2, 0.25) is 10.0 Å². The van der Waals surface area contributed by atoms with Crippen LogP contribution in [0.25, 0.3) is 0 Å². The van der Waals surface area contributed by atoms with Crippen molar-refractivity contribution >= 4 is 10.0 Å². The van der Waals surface area contributed by atoms with Crippen LogP contribution in [0.4, 0.5) is 0 Å². The minimum absolute atomic E-state index is 0.167. The maximum absolute atomic E-state index is 11.3. The van der Waals surface area contributed by atoms with E-state index in [0.29, 0.717) is 0 Å². The van der Waals surface area contributed by atoms with Crippen molar-refractivity contribution in [2.45, 2.75) is 31.6 Å². The monoisotopic (exact) mass is 205 g/mol. The minimum atomic E-state index is -3.51. The number of hydrogen-bond donors (Lipinski definition) is 2. The first kappa shape index (κ1) is 12.4. The second-order valence-corrected chi connectivity index (χ2v) is 4.84. The van der Waals surface area contributed by atoms with Crippen LogP contribution in [0.15, 0.2) is 0 Å². The molecule has 0 saturated heterocycles. The van der Waals surface area contributed by atoms with Gasteiger partial charge in [0.25, 0.3) is 0 Å². The quantitative estimate of drug-likeness (QED) is 0.635. The number of nitriles is 1. The van der Waals surface area contributed by atoms with Gasteiger partial charge in [-0.25, -0.2) is 13.1 Å². The summed E-state index contributed by atoms with van der Waals surface area (Å²) in [7, 11) is -3.51. The molecule has 0 aromatic rings. The minimum Gasteiger partial charge on any atom is -0.327 e. The molecular weight excluding hydrogens is 190 g/mol. The summed E-state index contributed by atoms with van der Waals surface area (Å²) in [5.41, 5.74) is 5.37. The van der Waals surface area contributed by atoms with Gasteiger partial charge in [0, 0.05) is 12.6 Å². The van der Waals surface area contributed by atoms with Crippen LogP contribution in [0.2, 0.25) is 0 Å². The summed E-state index contributed by atoms with van der Waals surface area (Å²) < 4.78 is 24.9. The number of nitrogens with one attached hydrogen (secondary N) is 1. The average Bonchev–Trinajstić information content (AvgIpc) is 2.03. The topological polar surface area (TPSA) is 96.0 Å². The Kier molecular flexibility index (Phi) is 4.91. The second-order valence-electron chi connectivity index (χ2n) is 2.90. The highest BCUT2D eigenvalue weighted by atomic mass is 32.2. The van der Waals surface area contributed by atoms with E-state index in [9.17, 15) is 8.42 Å². The summed E-state index contributed by atoms with van der Waals surface area (Å²) >= 11 is 0. The van der Waals surface area contributed by atoms with Crippen LogP contribution in [0.5, 0.6) is 0 Å². The molecule has 0 saturated carbocycles. The number of nitrogens with zero attached hydrogens (tertiary/aromatic N) is 1. The van der Waals surface area contributed by atoms with Crippen LogP contribution >= 0.6 is 0 Å². The van der Waals surface area contributed by atoms with Crippen molar-refractivity contribution in [3.05, 3.63) is 0 Å². The largest absolute Gasteiger partial charge is 0.327 e. The molecule has 5 nitrogen and oxygen atoms in total. The molecule has 0 fully saturated rings. The van der Waals surface area contributed by atoms with Crippen molar-refractivity contribution in [1.29, 1.82) is 5.26 Å². The Labute approximate surface area is 79.0 Å². The van der Waals surface area contributed by atoms with Gasteiger partial charge < -0.3 is 5.73 Å². The maximum atomic E-state index is 11.3. The molecular formula is C7H15N3O2S. The highest BCUT2D eigenvalue weighted by Crippen LogP contribution is 2.01.